The Morgan fingerprint density at radius 3 is 2.64 bits per heavy atom. The van der Waals surface area contributed by atoms with Gasteiger partial charge in [-0.25, -0.2) is 0 Å². The van der Waals surface area contributed by atoms with Crippen molar-refractivity contribution < 1.29 is 4.79 Å². The topological polar surface area (TPSA) is 53.4 Å². The third-order valence-electron chi connectivity index (χ3n) is 4.78. The molecule has 0 aliphatic carbocycles. The maximum Gasteiger partial charge on any atom is 0.250 e. The highest BCUT2D eigenvalue weighted by Gasteiger charge is 2.44. The van der Waals surface area contributed by atoms with Crippen LogP contribution in [0.5, 0.6) is 0 Å². The van der Waals surface area contributed by atoms with Gasteiger partial charge >= 0.3 is 0 Å². The Labute approximate surface area is 138 Å². The summed E-state index contributed by atoms with van der Waals surface area (Å²) in [7, 11) is 2.13. The number of carbonyl (C=O) groups excluding carboxylic acids is 1. The third-order valence-corrected chi connectivity index (χ3v) is 4.78. The van der Waals surface area contributed by atoms with Gasteiger partial charge in [-0.3, -0.25) is 9.48 Å². The van der Waals surface area contributed by atoms with Crippen LogP contribution in [0, 0.1) is 0 Å². The van der Waals surface area contributed by atoms with Crippen molar-refractivity contribution in [2.24, 2.45) is 0 Å². The SMILES string of the molecule is CN1CCCN(C(=O)C2(n3cccn3)CCNCC2)CC1.Cl. The summed E-state index contributed by atoms with van der Waals surface area (Å²) in [4.78, 5) is 17.6. The summed E-state index contributed by atoms with van der Waals surface area (Å²) in [6.07, 6.45) is 6.40. The van der Waals surface area contributed by atoms with Crippen molar-refractivity contribution in [2.75, 3.05) is 46.3 Å². The van der Waals surface area contributed by atoms with E-state index in [0.717, 1.165) is 58.5 Å². The fourth-order valence-electron chi connectivity index (χ4n) is 3.45. The summed E-state index contributed by atoms with van der Waals surface area (Å²) < 4.78 is 1.89. The van der Waals surface area contributed by atoms with Crippen LogP contribution in [0.2, 0.25) is 0 Å². The Balaban J connectivity index is 0.00000176. The lowest BCUT2D eigenvalue weighted by atomic mass is 9.86. The number of aromatic nitrogens is 2. The van der Waals surface area contributed by atoms with Crippen molar-refractivity contribution in [1.82, 2.24) is 24.9 Å². The van der Waals surface area contributed by atoms with Crippen LogP contribution in [0.25, 0.3) is 0 Å². The van der Waals surface area contributed by atoms with E-state index in [1.807, 2.05) is 16.9 Å². The van der Waals surface area contributed by atoms with Crippen LogP contribution < -0.4 is 5.32 Å². The van der Waals surface area contributed by atoms with Crippen molar-refractivity contribution in [2.45, 2.75) is 24.8 Å². The second kappa shape index (κ2) is 7.44. The van der Waals surface area contributed by atoms with E-state index < -0.39 is 5.54 Å². The maximum atomic E-state index is 13.3. The number of piperidine rings is 1. The molecular formula is C15H26ClN5O. The molecule has 2 aliphatic heterocycles. The van der Waals surface area contributed by atoms with E-state index in [1.54, 1.807) is 6.20 Å². The molecule has 1 amide bonds. The molecule has 1 N–H and O–H groups in total. The second-order valence-electron chi connectivity index (χ2n) is 6.18. The van der Waals surface area contributed by atoms with Crippen molar-refractivity contribution in [1.29, 1.82) is 0 Å². The molecule has 0 saturated carbocycles. The number of hydrogen-bond donors (Lipinski definition) is 1. The number of amides is 1. The van der Waals surface area contributed by atoms with Gasteiger partial charge in [0, 0.05) is 32.0 Å². The smallest absolute Gasteiger partial charge is 0.250 e. The number of rotatable bonds is 2. The molecule has 0 unspecified atom stereocenters. The number of nitrogens with one attached hydrogen (secondary N) is 1. The maximum absolute atomic E-state index is 13.3. The van der Waals surface area contributed by atoms with Gasteiger partial charge in [0.2, 0.25) is 0 Å². The highest BCUT2D eigenvalue weighted by Crippen LogP contribution is 2.29. The minimum absolute atomic E-state index is 0. The minimum Gasteiger partial charge on any atom is -0.339 e. The average Bonchev–Trinajstić information content (AvgIpc) is 2.97. The van der Waals surface area contributed by atoms with Crippen molar-refractivity contribution in [3.8, 4) is 0 Å². The van der Waals surface area contributed by atoms with Gasteiger partial charge in [0.25, 0.3) is 5.91 Å². The van der Waals surface area contributed by atoms with Gasteiger partial charge < -0.3 is 15.1 Å². The Hall–Kier alpha value is -1.11. The molecular weight excluding hydrogens is 302 g/mol. The summed E-state index contributed by atoms with van der Waals surface area (Å²) >= 11 is 0. The normalized spacial score (nSPS) is 22.7. The number of nitrogens with zero attached hydrogens (tertiary/aromatic N) is 4. The van der Waals surface area contributed by atoms with Crippen LogP contribution in [-0.4, -0.2) is 71.8 Å². The van der Waals surface area contributed by atoms with Crippen molar-refractivity contribution in [3.05, 3.63) is 18.5 Å². The molecule has 2 saturated heterocycles. The fourth-order valence-corrected chi connectivity index (χ4v) is 3.45. The molecule has 0 atom stereocenters. The zero-order valence-electron chi connectivity index (χ0n) is 13.2. The molecule has 6 nitrogen and oxygen atoms in total. The first-order valence-corrected chi connectivity index (χ1v) is 7.91. The first-order chi connectivity index (χ1) is 10.2. The highest BCUT2D eigenvalue weighted by atomic mass is 35.5. The lowest BCUT2D eigenvalue weighted by molar-refractivity contribution is -0.143. The first kappa shape index (κ1) is 17.2. The lowest BCUT2D eigenvalue weighted by Crippen LogP contribution is -2.56. The van der Waals surface area contributed by atoms with Crippen LogP contribution in [0.3, 0.4) is 0 Å². The van der Waals surface area contributed by atoms with Gasteiger partial charge in [0.1, 0.15) is 5.54 Å². The molecule has 2 aliphatic rings. The van der Waals surface area contributed by atoms with Gasteiger partial charge in [-0.15, -0.1) is 12.4 Å². The van der Waals surface area contributed by atoms with E-state index in [2.05, 4.69) is 27.3 Å². The van der Waals surface area contributed by atoms with E-state index in [1.165, 1.54) is 0 Å². The van der Waals surface area contributed by atoms with E-state index in [4.69, 9.17) is 0 Å². The summed E-state index contributed by atoms with van der Waals surface area (Å²) in [5.41, 5.74) is -0.488. The van der Waals surface area contributed by atoms with Crippen LogP contribution in [0.4, 0.5) is 0 Å². The number of halogens is 1. The Bertz CT molecular complexity index is 472. The van der Waals surface area contributed by atoms with E-state index in [9.17, 15) is 4.79 Å². The third kappa shape index (κ3) is 3.29. The van der Waals surface area contributed by atoms with Gasteiger partial charge in [-0.2, -0.15) is 5.10 Å². The molecule has 1 aromatic heterocycles. The largest absolute Gasteiger partial charge is 0.339 e. The molecule has 3 heterocycles. The number of carbonyl (C=O) groups is 1. The summed E-state index contributed by atoms with van der Waals surface area (Å²) in [6, 6.07) is 1.91. The van der Waals surface area contributed by atoms with E-state index in [-0.39, 0.29) is 18.3 Å². The molecule has 0 radical (unpaired) electrons. The number of likely N-dealkylation sites (N-methyl/N-ethyl adjacent to an activating group) is 1. The second-order valence-corrected chi connectivity index (χ2v) is 6.18. The van der Waals surface area contributed by atoms with E-state index >= 15 is 0 Å². The molecule has 3 rings (SSSR count). The zero-order chi connectivity index (χ0) is 14.7. The molecule has 1 aromatic rings. The van der Waals surface area contributed by atoms with Gasteiger partial charge in [-0.05, 0) is 52.0 Å². The summed E-state index contributed by atoms with van der Waals surface area (Å²) in [6.45, 7) is 5.46. The van der Waals surface area contributed by atoms with Crippen LogP contribution >= 0.6 is 12.4 Å². The molecule has 0 bridgehead atoms. The average molecular weight is 328 g/mol. The Morgan fingerprint density at radius 1 is 1.18 bits per heavy atom. The molecule has 7 heteroatoms. The van der Waals surface area contributed by atoms with Crippen molar-refractivity contribution in [3.63, 3.8) is 0 Å². The lowest BCUT2D eigenvalue weighted by Gasteiger charge is -2.40. The van der Waals surface area contributed by atoms with Crippen LogP contribution in [-0.2, 0) is 10.3 Å². The number of hydrogen-bond acceptors (Lipinski definition) is 4. The first-order valence-electron chi connectivity index (χ1n) is 7.91. The monoisotopic (exact) mass is 327 g/mol. The molecule has 0 spiro atoms. The van der Waals surface area contributed by atoms with Crippen LogP contribution in [0.15, 0.2) is 18.5 Å². The Kier molecular flexibility index (Phi) is 5.83. The van der Waals surface area contributed by atoms with E-state index in [0.29, 0.717) is 0 Å². The quantitative estimate of drug-likeness (QED) is 0.862. The molecule has 124 valence electrons. The minimum atomic E-state index is -0.488. The molecule has 0 aromatic carbocycles. The Morgan fingerprint density at radius 2 is 1.95 bits per heavy atom. The van der Waals surface area contributed by atoms with Crippen molar-refractivity contribution >= 4 is 18.3 Å². The fraction of sp³-hybridized carbons (Fsp3) is 0.733. The van der Waals surface area contributed by atoms with Gasteiger partial charge in [0.05, 0.1) is 0 Å². The standard InChI is InChI=1S/C15H25N5O.ClH/c1-18-9-3-10-19(13-12-18)14(21)15(4-7-16-8-5-15)20-11-2-6-17-20;/h2,6,11,16H,3-5,7-10,12-13H2,1H3;1H. The molecule has 2 fully saturated rings. The molecule has 22 heavy (non-hydrogen) atoms. The van der Waals surface area contributed by atoms with Gasteiger partial charge in [0.15, 0.2) is 0 Å². The summed E-state index contributed by atoms with van der Waals surface area (Å²) in [5, 5.41) is 7.76. The predicted molar refractivity (Wildman–Crippen MR) is 88.2 cm³/mol. The predicted octanol–water partition coefficient (Wildman–Crippen LogP) is 0.548. The van der Waals surface area contributed by atoms with Crippen LogP contribution in [0.1, 0.15) is 19.3 Å². The zero-order valence-corrected chi connectivity index (χ0v) is 14.0. The van der Waals surface area contributed by atoms with Gasteiger partial charge in [-0.1, -0.05) is 0 Å². The highest BCUT2D eigenvalue weighted by molar-refractivity contribution is 5.85. The summed E-state index contributed by atoms with van der Waals surface area (Å²) in [5.74, 6) is 0.253.